The fraction of sp³-hybridized carbons (Fsp3) is 0.625. The zero-order valence-electron chi connectivity index (χ0n) is 13.1. The Labute approximate surface area is 130 Å². The number of hydrogen-bond donors (Lipinski definition) is 1. The number of unbranched alkanes of at least 4 members (excludes halogenated alkanes) is 6. The van der Waals surface area contributed by atoms with Crippen molar-refractivity contribution in [2.75, 3.05) is 0 Å². The molecule has 0 aliphatic carbocycles. The summed E-state index contributed by atoms with van der Waals surface area (Å²) in [6, 6.07) is 3.03. The van der Waals surface area contributed by atoms with Crippen LogP contribution in [0.3, 0.4) is 0 Å². The average molecular weight is 308 g/mol. The largest absolute Gasteiger partial charge is 0.502 e. The zero-order chi connectivity index (χ0) is 16.4. The molecule has 1 rings (SSSR count). The van der Waals surface area contributed by atoms with E-state index in [1.54, 1.807) is 6.07 Å². The lowest BCUT2D eigenvalue weighted by molar-refractivity contribution is -0.386. The average Bonchev–Trinajstić information content (AvgIpc) is 2.49. The van der Waals surface area contributed by atoms with Crippen molar-refractivity contribution in [2.24, 2.45) is 5.18 Å². The lowest BCUT2D eigenvalue weighted by atomic mass is 10.0. The van der Waals surface area contributed by atoms with Crippen molar-refractivity contribution < 1.29 is 10.0 Å². The fourth-order valence-electron chi connectivity index (χ4n) is 2.50. The third-order valence-electron chi connectivity index (χ3n) is 3.73. The van der Waals surface area contributed by atoms with E-state index in [9.17, 15) is 20.1 Å². The van der Waals surface area contributed by atoms with Gasteiger partial charge >= 0.3 is 5.69 Å². The molecule has 1 aromatic rings. The third-order valence-corrected chi connectivity index (χ3v) is 3.73. The minimum Gasteiger partial charge on any atom is -0.502 e. The number of aryl methyl sites for hydroxylation is 1. The molecule has 0 aliphatic rings. The van der Waals surface area contributed by atoms with E-state index in [1.165, 1.54) is 38.2 Å². The molecular formula is C16H24N2O4. The Morgan fingerprint density at radius 2 is 1.77 bits per heavy atom. The first kappa shape index (κ1) is 18.1. The van der Waals surface area contributed by atoms with Gasteiger partial charge in [-0.1, -0.05) is 50.6 Å². The molecule has 0 unspecified atom stereocenters. The maximum Gasteiger partial charge on any atom is 0.311 e. The molecule has 0 saturated carbocycles. The zero-order valence-corrected chi connectivity index (χ0v) is 13.1. The van der Waals surface area contributed by atoms with E-state index >= 15 is 0 Å². The molecule has 0 amide bonds. The summed E-state index contributed by atoms with van der Waals surface area (Å²) in [6.07, 6.45) is 8.89. The predicted molar refractivity (Wildman–Crippen MR) is 86.0 cm³/mol. The normalized spacial score (nSPS) is 10.6. The molecule has 0 aromatic heterocycles. The molecule has 6 nitrogen and oxygen atoms in total. The van der Waals surface area contributed by atoms with Crippen LogP contribution < -0.4 is 0 Å². The maximum absolute atomic E-state index is 10.9. The van der Waals surface area contributed by atoms with Crippen LogP contribution in [-0.2, 0) is 13.0 Å². The second kappa shape index (κ2) is 9.87. The molecule has 122 valence electrons. The van der Waals surface area contributed by atoms with Crippen molar-refractivity contribution in [2.45, 2.75) is 64.8 Å². The van der Waals surface area contributed by atoms with Gasteiger partial charge < -0.3 is 5.11 Å². The van der Waals surface area contributed by atoms with Crippen LogP contribution in [0.2, 0.25) is 0 Å². The molecule has 1 aromatic carbocycles. The van der Waals surface area contributed by atoms with Gasteiger partial charge in [0.25, 0.3) is 0 Å². The number of nitro benzene ring substituents is 1. The van der Waals surface area contributed by atoms with Gasteiger partial charge in [0.2, 0.25) is 0 Å². The van der Waals surface area contributed by atoms with Gasteiger partial charge in [-0.3, -0.25) is 10.1 Å². The fourth-order valence-corrected chi connectivity index (χ4v) is 2.50. The van der Waals surface area contributed by atoms with Crippen LogP contribution in [-0.4, -0.2) is 10.0 Å². The Balaban J connectivity index is 2.58. The number of aromatic hydroxyl groups is 1. The van der Waals surface area contributed by atoms with Crippen LogP contribution in [0.25, 0.3) is 0 Å². The Morgan fingerprint density at radius 1 is 1.14 bits per heavy atom. The number of nitro groups is 1. The van der Waals surface area contributed by atoms with Gasteiger partial charge in [0, 0.05) is 11.6 Å². The summed E-state index contributed by atoms with van der Waals surface area (Å²) in [4.78, 5) is 20.7. The number of rotatable bonds is 11. The topological polar surface area (TPSA) is 92.8 Å². The first-order chi connectivity index (χ1) is 10.6. The first-order valence-electron chi connectivity index (χ1n) is 7.88. The summed E-state index contributed by atoms with van der Waals surface area (Å²) in [5, 5.41) is 23.4. The van der Waals surface area contributed by atoms with Crippen molar-refractivity contribution in [3.05, 3.63) is 38.3 Å². The number of nitrogens with zero attached hydrogens (tertiary/aromatic N) is 2. The van der Waals surface area contributed by atoms with Crippen LogP contribution in [0.1, 0.15) is 63.0 Å². The number of phenolic OH excluding ortho intramolecular Hbond substituents is 1. The van der Waals surface area contributed by atoms with Gasteiger partial charge in [0.15, 0.2) is 5.75 Å². The van der Waals surface area contributed by atoms with Crippen molar-refractivity contribution in [1.29, 1.82) is 0 Å². The second-order valence-corrected chi connectivity index (χ2v) is 5.54. The standard InChI is InChI=1S/C16H24N2O4/c1-2-3-4-5-6-7-8-9-13-10-14(12-17-20)16(19)15(11-13)18(21)22/h10-11,19H,2-9,12H2,1H3. The smallest absolute Gasteiger partial charge is 0.311 e. The van der Waals surface area contributed by atoms with Gasteiger partial charge in [-0.2, -0.15) is 4.91 Å². The maximum atomic E-state index is 10.9. The minimum atomic E-state index is -0.627. The van der Waals surface area contributed by atoms with Gasteiger partial charge in [-0.15, -0.1) is 0 Å². The molecule has 0 fully saturated rings. The molecule has 0 atom stereocenters. The van der Waals surface area contributed by atoms with Crippen molar-refractivity contribution >= 4 is 5.69 Å². The van der Waals surface area contributed by atoms with Crippen molar-refractivity contribution in [3.8, 4) is 5.75 Å². The van der Waals surface area contributed by atoms with Gasteiger partial charge in [-0.05, 0) is 24.5 Å². The van der Waals surface area contributed by atoms with E-state index in [0.717, 1.165) is 18.4 Å². The van der Waals surface area contributed by atoms with Crippen molar-refractivity contribution in [3.63, 3.8) is 0 Å². The summed E-state index contributed by atoms with van der Waals surface area (Å²) in [5.41, 5.74) is 0.651. The molecule has 1 N–H and O–H groups in total. The summed E-state index contributed by atoms with van der Waals surface area (Å²) in [5.74, 6) is -0.451. The van der Waals surface area contributed by atoms with Gasteiger partial charge in [0.1, 0.15) is 6.54 Å². The number of phenols is 1. The van der Waals surface area contributed by atoms with Crippen LogP contribution in [0, 0.1) is 15.0 Å². The third kappa shape index (κ3) is 5.79. The van der Waals surface area contributed by atoms with Crippen LogP contribution >= 0.6 is 0 Å². The number of nitroso groups, excluding NO2 is 1. The Kier molecular flexibility index (Phi) is 8.10. The van der Waals surface area contributed by atoms with E-state index in [4.69, 9.17) is 0 Å². The summed E-state index contributed by atoms with van der Waals surface area (Å²) in [6.45, 7) is 1.93. The molecule has 0 aliphatic heterocycles. The highest BCUT2D eigenvalue weighted by Gasteiger charge is 2.18. The Morgan fingerprint density at radius 3 is 2.36 bits per heavy atom. The lowest BCUT2D eigenvalue weighted by Crippen LogP contribution is -1.96. The molecule has 0 heterocycles. The lowest BCUT2D eigenvalue weighted by Gasteiger charge is -2.07. The Hall–Kier alpha value is -1.98. The van der Waals surface area contributed by atoms with E-state index in [-0.39, 0.29) is 17.8 Å². The van der Waals surface area contributed by atoms with E-state index < -0.39 is 10.7 Å². The second-order valence-electron chi connectivity index (χ2n) is 5.54. The molecule has 0 saturated heterocycles. The van der Waals surface area contributed by atoms with E-state index in [1.807, 2.05) is 0 Å². The highest BCUT2D eigenvalue weighted by molar-refractivity contribution is 5.53. The SMILES string of the molecule is CCCCCCCCCc1cc(CN=O)c(O)c([N+](=O)[O-])c1. The molecule has 0 spiro atoms. The minimum absolute atomic E-state index is 0.224. The number of benzene rings is 1. The highest BCUT2D eigenvalue weighted by atomic mass is 16.6. The van der Waals surface area contributed by atoms with Crippen LogP contribution in [0.5, 0.6) is 5.75 Å². The summed E-state index contributed by atoms with van der Waals surface area (Å²) >= 11 is 0. The van der Waals surface area contributed by atoms with E-state index in [0.29, 0.717) is 6.42 Å². The molecule has 6 heteroatoms. The van der Waals surface area contributed by atoms with Crippen LogP contribution in [0.15, 0.2) is 17.3 Å². The summed E-state index contributed by atoms with van der Waals surface area (Å²) in [7, 11) is 0. The molecular weight excluding hydrogens is 284 g/mol. The quantitative estimate of drug-likeness (QED) is 0.273. The Bertz CT molecular complexity index is 503. The summed E-state index contributed by atoms with van der Waals surface area (Å²) < 4.78 is 0. The molecule has 0 bridgehead atoms. The number of hydrogen-bond acceptors (Lipinski definition) is 5. The predicted octanol–water partition coefficient (Wildman–Crippen LogP) is 4.86. The molecule has 22 heavy (non-hydrogen) atoms. The van der Waals surface area contributed by atoms with Gasteiger partial charge in [-0.25, -0.2) is 0 Å². The first-order valence-corrected chi connectivity index (χ1v) is 7.88. The van der Waals surface area contributed by atoms with Crippen LogP contribution in [0.4, 0.5) is 5.69 Å². The highest BCUT2D eigenvalue weighted by Crippen LogP contribution is 2.32. The monoisotopic (exact) mass is 308 g/mol. The van der Waals surface area contributed by atoms with Crippen molar-refractivity contribution in [1.82, 2.24) is 0 Å². The van der Waals surface area contributed by atoms with E-state index in [2.05, 4.69) is 12.1 Å². The van der Waals surface area contributed by atoms with Gasteiger partial charge in [0.05, 0.1) is 4.92 Å². The molecule has 0 radical (unpaired) electrons.